The number of fused-ring (bicyclic) bond motifs is 1. The molecule has 0 saturated heterocycles. The van der Waals surface area contributed by atoms with Crippen LogP contribution in [0.3, 0.4) is 0 Å². The lowest BCUT2D eigenvalue weighted by molar-refractivity contribution is 0.0790. The van der Waals surface area contributed by atoms with Crippen LogP contribution in [0.25, 0.3) is 0 Å². The fraction of sp³-hybridized carbons (Fsp3) is 0.562. The molecule has 0 unspecified atom stereocenters. The maximum absolute atomic E-state index is 12.9. The summed E-state index contributed by atoms with van der Waals surface area (Å²) in [6.07, 6.45) is 5.06. The summed E-state index contributed by atoms with van der Waals surface area (Å²) in [5, 5.41) is 0.471. The number of rotatable bonds is 3. The first-order valence-corrected chi connectivity index (χ1v) is 7.68. The molecule has 0 radical (unpaired) electrons. The van der Waals surface area contributed by atoms with Gasteiger partial charge in [0, 0.05) is 17.0 Å². The number of ether oxygens (including phenoxy) is 2. The van der Waals surface area contributed by atoms with Crippen molar-refractivity contribution in [2.24, 2.45) is 5.41 Å². The first-order chi connectivity index (χ1) is 9.66. The van der Waals surface area contributed by atoms with E-state index in [9.17, 15) is 4.79 Å². The van der Waals surface area contributed by atoms with E-state index < -0.39 is 0 Å². The van der Waals surface area contributed by atoms with E-state index in [1.54, 1.807) is 12.1 Å². The molecule has 0 aromatic heterocycles. The number of carbonyl (C=O) groups is 1. The predicted octanol–water partition coefficient (Wildman–Crippen LogP) is 4.26. The fourth-order valence-electron chi connectivity index (χ4n) is 3.32. The Hall–Kier alpha value is -1.22. The SMILES string of the molecule is CCC1(C(=O)c2cc3c(cc2Cl)OCCO3)CCCC1. The monoisotopic (exact) mass is 294 g/mol. The molecule has 20 heavy (non-hydrogen) atoms. The fourth-order valence-corrected chi connectivity index (χ4v) is 3.56. The summed E-state index contributed by atoms with van der Waals surface area (Å²) >= 11 is 6.30. The molecule has 1 aliphatic heterocycles. The highest BCUT2D eigenvalue weighted by molar-refractivity contribution is 6.34. The lowest BCUT2D eigenvalue weighted by atomic mass is 9.76. The molecule has 1 aliphatic carbocycles. The molecule has 0 bridgehead atoms. The third kappa shape index (κ3) is 2.18. The Morgan fingerprint density at radius 1 is 1.20 bits per heavy atom. The van der Waals surface area contributed by atoms with Crippen LogP contribution in [0.2, 0.25) is 5.02 Å². The second kappa shape index (κ2) is 5.28. The van der Waals surface area contributed by atoms with Gasteiger partial charge in [0.1, 0.15) is 13.2 Å². The average molecular weight is 295 g/mol. The van der Waals surface area contributed by atoms with Crippen LogP contribution in [0.15, 0.2) is 12.1 Å². The van der Waals surface area contributed by atoms with Gasteiger partial charge in [0.2, 0.25) is 0 Å². The van der Waals surface area contributed by atoms with Crippen molar-refractivity contribution < 1.29 is 14.3 Å². The molecule has 2 aliphatic rings. The van der Waals surface area contributed by atoms with Crippen molar-refractivity contribution in [3.05, 3.63) is 22.7 Å². The van der Waals surface area contributed by atoms with Gasteiger partial charge in [-0.3, -0.25) is 4.79 Å². The summed E-state index contributed by atoms with van der Waals surface area (Å²) in [6, 6.07) is 3.47. The molecule has 3 nitrogen and oxygen atoms in total. The highest BCUT2D eigenvalue weighted by atomic mass is 35.5. The third-order valence-electron chi connectivity index (χ3n) is 4.60. The van der Waals surface area contributed by atoms with Crippen molar-refractivity contribution >= 4 is 17.4 Å². The third-order valence-corrected chi connectivity index (χ3v) is 4.91. The molecular weight excluding hydrogens is 276 g/mol. The van der Waals surface area contributed by atoms with Crippen LogP contribution < -0.4 is 9.47 Å². The molecule has 4 heteroatoms. The van der Waals surface area contributed by atoms with E-state index in [1.807, 2.05) is 0 Å². The minimum Gasteiger partial charge on any atom is -0.486 e. The zero-order valence-corrected chi connectivity index (χ0v) is 12.5. The van der Waals surface area contributed by atoms with Gasteiger partial charge < -0.3 is 9.47 Å². The van der Waals surface area contributed by atoms with Crippen LogP contribution in [0.5, 0.6) is 11.5 Å². The molecular formula is C16H19ClO3. The molecule has 0 amide bonds. The number of hydrogen-bond donors (Lipinski definition) is 0. The number of ketones is 1. The molecule has 108 valence electrons. The zero-order chi connectivity index (χ0) is 14.2. The predicted molar refractivity (Wildman–Crippen MR) is 78.0 cm³/mol. The Balaban J connectivity index is 1.99. The van der Waals surface area contributed by atoms with Crippen LogP contribution in [0.1, 0.15) is 49.4 Å². The van der Waals surface area contributed by atoms with Crippen molar-refractivity contribution in [3.8, 4) is 11.5 Å². The van der Waals surface area contributed by atoms with Gasteiger partial charge in [0.15, 0.2) is 17.3 Å². The van der Waals surface area contributed by atoms with Crippen molar-refractivity contribution in [3.63, 3.8) is 0 Å². The summed E-state index contributed by atoms with van der Waals surface area (Å²) in [7, 11) is 0. The van der Waals surface area contributed by atoms with Gasteiger partial charge >= 0.3 is 0 Å². The minimum atomic E-state index is -0.229. The average Bonchev–Trinajstić information content (AvgIpc) is 2.96. The van der Waals surface area contributed by atoms with Crippen LogP contribution in [-0.2, 0) is 0 Å². The topological polar surface area (TPSA) is 35.5 Å². The van der Waals surface area contributed by atoms with Crippen LogP contribution in [0, 0.1) is 5.41 Å². The highest BCUT2D eigenvalue weighted by Crippen LogP contribution is 2.46. The van der Waals surface area contributed by atoms with E-state index in [4.69, 9.17) is 21.1 Å². The van der Waals surface area contributed by atoms with Crippen LogP contribution in [-0.4, -0.2) is 19.0 Å². The molecule has 1 saturated carbocycles. The van der Waals surface area contributed by atoms with E-state index in [1.165, 1.54) is 0 Å². The second-order valence-electron chi connectivity index (χ2n) is 5.65. The lowest BCUT2D eigenvalue weighted by Crippen LogP contribution is -2.28. The van der Waals surface area contributed by atoms with Gasteiger partial charge in [-0.25, -0.2) is 0 Å². The number of carbonyl (C=O) groups excluding carboxylic acids is 1. The van der Waals surface area contributed by atoms with E-state index in [0.29, 0.717) is 35.3 Å². The quantitative estimate of drug-likeness (QED) is 0.781. The van der Waals surface area contributed by atoms with E-state index in [2.05, 4.69) is 6.92 Å². The Morgan fingerprint density at radius 3 is 2.40 bits per heavy atom. The second-order valence-corrected chi connectivity index (χ2v) is 6.05. The molecule has 1 fully saturated rings. The number of Topliss-reactive ketones (excluding diaryl/α,β-unsaturated/α-hetero) is 1. The normalized spacial score (nSPS) is 19.9. The summed E-state index contributed by atoms with van der Waals surface area (Å²) < 4.78 is 11.1. The maximum atomic E-state index is 12.9. The van der Waals surface area contributed by atoms with Gasteiger partial charge in [-0.1, -0.05) is 31.4 Å². The van der Waals surface area contributed by atoms with Gasteiger partial charge in [-0.15, -0.1) is 0 Å². The highest BCUT2D eigenvalue weighted by Gasteiger charge is 2.40. The standard InChI is InChI=1S/C16H19ClO3/c1-2-16(5-3-4-6-16)15(18)11-9-13-14(10-12(11)17)20-8-7-19-13/h9-10H,2-8H2,1H3. The van der Waals surface area contributed by atoms with E-state index >= 15 is 0 Å². The van der Waals surface area contributed by atoms with Gasteiger partial charge in [0.05, 0.1) is 5.02 Å². The van der Waals surface area contributed by atoms with Crippen LogP contribution in [0.4, 0.5) is 0 Å². The summed E-state index contributed by atoms with van der Waals surface area (Å²) in [6.45, 7) is 3.13. The van der Waals surface area contributed by atoms with E-state index in [-0.39, 0.29) is 11.2 Å². The Bertz CT molecular complexity index is 533. The molecule has 3 rings (SSSR count). The van der Waals surface area contributed by atoms with Gasteiger partial charge in [-0.2, -0.15) is 0 Å². The Morgan fingerprint density at radius 2 is 1.80 bits per heavy atom. The van der Waals surface area contributed by atoms with Crippen molar-refractivity contribution in [1.82, 2.24) is 0 Å². The van der Waals surface area contributed by atoms with Crippen LogP contribution >= 0.6 is 11.6 Å². The first-order valence-electron chi connectivity index (χ1n) is 7.30. The Labute approximate surface area is 124 Å². The summed E-state index contributed by atoms with van der Waals surface area (Å²) in [5.41, 5.74) is 0.354. The van der Waals surface area contributed by atoms with Gasteiger partial charge in [0.25, 0.3) is 0 Å². The lowest BCUT2D eigenvalue weighted by Gasteiger charge is -2.27. The molecule has 1 aromatic rings. The summed E-state index contributed by atoms with van der Waals surface area (Å²) in [5.74, 6) is 1.43. The largest absolute Gasteiger partial charge is 0.486 e. The van der Waals surface area contributed by atoms with Crippen molar-refractivity contribution in [2.75, 3.05) is 13.2 Å². The molecule has 1 heterocycles. The number of halogens is 1. The molecule has 1 aromatic carbocycles. The molecule has 0 atom stereocenters. The summed E-state index contributed by atoms with van der Waals surface area (Å²) in [4.78, 5) is 12.9. The number of benzene rings is 1. The smallest absolute Gasteiger partial charge is 0.170 e. The van der Waals surface area contributed by atoms with Crippen molar-refractivity contribution in [2.45, 2.75) is 39.0 Å². The van der Waals surface area contributed by atoms with Gasteiger partial charge in [-0.05, 0) is 25.3 Å². The maximum Gasteiger partial charge on any atom is 0.170 e. The number of hydrogen-bond acceptors (Lipinski definition) is 3. The zero-order valence-electron chi connectivity index (χ0n) is 11.7. The van der Waals surface area contributed by atoms with E-state index in [0.717, 1.165) is 32.1 Å². The minimum absolute atomic E-state index is 0.166. The van der Waals surface area contributed by atoms with Crippen molar-refractivity contribution in [1.29, 1.82) is 0 Å². The first kappa shape index (κ1) is 13.7. The Kier molecular flexibility index (Phi) is 3.63. The molecule has 0 N–H and O–H groups in total. The molecule has 0 spiro atoms.